The molecule has 6 heteroatoms. The Morgan fingerprint density at radius 1 is 1.19 bits per heavy atom. The second kappa shape index (κ2) is 9.02. The van der Waals surface area contributed by atoms with E-state index in [9.17, 15) is 10.0 Å². The summed E-state index contributed by atoms with van der Waals surface area (Å²) >= 11 is 7.08. The number of hydrogen-bond acceptors (Lipinski definition) is 2. The molecule has 1 heterocycles. The molecule has 0 unspecified atom stereocenters. The zero-order chi connectivity index (χ0) is 20.3. The van der Waals surface area contributed by atoms with Crippen LogP contribution in [-0.4, -0.2) is 5.91 Å². The molecule has 0 radical (unpaired) electrons. The van der Waals surface area contributed by atoms with Crippen LogP contribution in [0.15, 0.2) is 33.7 Å². The Morgan fingerprint density at radius 3 is 2.22 bits per heavy atom. The maximum absolute atomic E-state index is 13.2. The fourth-order valence-electron chi connectivity index (χ4n) is 3.21. The topological polar surface area (TPSA) is 56.0 Å². The van der Waals surface area contributed by atoms with Crippen molar-refractivity contribution in [1.29, 1.82) is 0 Å². The Balaban J connectivity index is 2.59. The smallest absolute Gasteiger partial charge is 0.263 e. The number of hydrogen-bond donors (Lipinski definition) is 1. The molecule has 0 atom stereocenters. The molecule has 0 bridgehead atoms. The van der Waals surface area contributed by atoms with Crippen LogP contribution < -0.4 is 10.0 Å². The summed E-state index contributed by atoms with van der Waals surface area (Å²) in [5.74, 6) is -0.291. The lowest BCUT2D eigenvalue weighted by atomic mass is 10.0. The highest BCUT2D eigenvalue weighted by Gasteiger charge is 2.26. The molecule has 0 fully saturated rings. The van der Waals surface area contributed by atoms with Crippen molar-refractivity contribution >= 4 is 43.5 Å². The first-order valence-corrected chi connectivity index (χ1v) is 10.5. The third-order valence-electron chi connectivity index (χ3n) is 4.73. The average Bonchev–Trinajstić information content (AvgIpc) is 2.64. The molecule has 144 valence electrons. The first kappa shape index (κ1) is 21.6. The van der Waals surface area contributed by atoms with E-state index < -0.39 is 0 Å². The molecular formula is C21H24Br2N2O2. The molecule has 1 aromatic carbocycles. The Morgan fingerprint density at radius 2 is 1.74 bits per heavy atom. The Kier molecular flexibility index (Phi) is 7.23. The molecule has 0 aliphatic carbocycles. The van der Waals surface area contributed by atoms with Gasteiger partial charge in [0.1, 0.15) is 5.56 Å². The SMILES string of the molecule is C=CCc1c(Br)c(C(=O)Nc2c(CC)cc(Br)cc2CC)c(C)[n+]([O-])c1C. The third kappa shape index (κ3) is 4.27. The van der Waals surface area contributed by atoms with Crippen LogP contribution in [-0.2, 0) is 19.3 Å². The monoisotopic (exact) mass is 494 g/mol. The number of rotatable bonds is 6. The van der Waals surface area contributed by atoms with E-state index >= 15 is 0 Å². The summed E-state index contributed by atoms with van der Waals surface area (Å²) in [6, 6.07) is 4.03. The predicted molar refractivity (Wildman–Crippen MR) is 117 cm³/mol. The summed E-state index contributed by atoms with van der Waals surface area (Å²) in [5.41, 5.74) is 5.01. The Hall–Kier alpha value is -1.66. The summed E-state index contributed by atoms with van der Waals surface area (Å²) in [4.78, 5) is 13.2. The fourth-order valence-corrected chi connectivity index (χ4v) is 4.68. The highest BCUT2D eigenvalue weighted by Crippen LogP contribution is 2.30. The predicted octanol–water partition coefficient (Wildman–Crippen LogP) is 5.57. The molecule has 4 nitrogen and oxygen atoms in total. The molecule has 0 saturated heterocycles. The van der Waals surface area contributed by atoms with Gasteiger partial charge in [-0.2, -0.15) is 4.73 Å². The van der Waals surface area contributed by atoms with Gasteiger partial charge >= 0.3 is 0 Å². The third-order valence-corrected chi connectivity index (χ3v) is 6.07. The Labute approximate surface area is 177 Å². The van der Waals surface area contributed by atoms with E-state index in [1.54, 1.807) is 19.9 Å². The minimum Gasteiger partial charge on any atom is -0.618 e. The standard InChI is InChI=1S/C21H24Br2N2O2/c1-6-9-17-12(4)25(27)13(5)18(19(17)23)21(26)24-20-14(7-2)10-16(22)11-15(20)8-3/h6,10-11H,1,7-9H2,2-5H3,(H,24,26). The number of allylic oxidation sites excluding steroid dienone is 1. The van der Waals surface area contributed by atoms with Crippen LogP contribution in [0.4, 0.5) is 5.69 Å². The lowest BCUT2D eigenvalue weighted by molar-refractivity contribution is -0.619. The van der Waals surface area contributed by atoms with Gasteiger partial charge in [-0.25, -0.2) is 0 Å². The van der Waals surface area contributed by atoms with Gasteiger partial charge in [0.2, 0.25) is 5.69 Å². The van der Waals surface area contributed by atoms with Gasteiger partial charge in [0.25, 0.3) is 5.91 Å². The molecule has 1 N–H and O–H groups in total. The lowest BCUT2D eigenvalue weighted by Crippen LogP contribution is -2.38. The number of halogens is 2. The first-order valence-electron chi connectivity index (χ1n) is 8.91. The van der Waals surface area contributed by atoms with Gasteiger partial charge in [-0.1, -0.05) is 35.9 Å². The van der Waals surface area contributed by atoms with E-state index in [0.29, 0.717) is 27.8 Å². The summed E-state index contributed by atoms with van der Waals surface area (Å²) < 4.78 is 2.46. The number of carbonyl (C=O) groups is 1. The summed E-state index contributed by atoms with van der Waals surface area (Å²) in [5, 5.41) is 15.6. The van der Waals surface area contributed by atoms with Crippen molar-refractivity contribution in [1.82, 2.24) is 0 Å². The van der Waals surface area contributed by atoms with Gasteiger partial charge in [-0.05, 0) is 58.5 Å². The maximum atomic E-state index is 13.2. The quantitative estimate of drug-likeness (QED) is 0.323. The zero-order valence-corrected chi connectivity index (χ0v) is 19.3. The number of nitrogens with zero attached hydrogens (tertiary/aromatic N) is 1. The van der Waals surface area contributed by atoms with Crippen LogP contribution in [0.2, 0.25) is 0 Å². The molecular weight excluding hydrogens is 472 g/mol. The lowest BCUT2D eigenvalue weighted by Gasteiger charge is -2.18. The van der Waals surface area contributed by atoms with Gasteiger partial charge in [0.05, 0.1) is 0 Å². The van der Waals surface area contributed by atoms with Gasteiger partial charge in [0, 0.05) is 34.0 Å². The minimum absolute atomic E-state index is 0.291. The van der Waals surface area contributed by atoms with E-state index in [4.69, 9.17) is 0 Å². The van der Waals surface area contributed by atoms with Crippen LogP contribution in [0.25, 0.3) is 0 Å². The van der Waals surface area contributed by atoms with Crippen LogP contribution in [0.3, 0.4) is 0 Å². The van der Waals surface area contributed by atoms with Crippen molar-refractivity contribution in [2.45, 2.75) is 47.0 Å². The Bertz CT molecular complexity index is 883. The molecule has 0 spiro atoms. The number of pyridine rings is 1. The zero-order valence-electron chi connectivity index (χ0n) is 16.1. The second-order valence-electron chi connectivity index (χ2n) is 6.39. The number of amides is 1. The molecule has 1 amide bonds. The van der Waals surface area contributed by atoms with E-state index in [0.717, 1.165) is 44.4 Å². The van der Waals surface area contributed by atoms with E-state index in [2.05, 4.69) is 57.6 Å². The van der Waals surface area contributed by atoms with E-state index in [-0.39, 0.29) is 5.91 Å². The van der Waals surface area contributed by atoms with E-state index in [1.807, 2.05) is 12.1 Å². The van der Waals surface area contributed by atoms with Crippen molar-refractivity contribution < 1.29 is 9.52 Å². The minimum atomic E-state index is -0.291. The van der Waals surface area contributed by atoms with Gasteiger partial charge in [0.15, 0.2) is 5.69 Å². The van der Waals surface area contributed by atoms with Crippen molar-refractivity contribution in [3.8, 4) is 0 Å². The highest BCUT2D eigenvalue weighted by molar-refractivity contribution is 9.10. The molecule has 0 saturated carbocycles. The summed E-state index contributed by atoms with van der Waals surface area (Å²) in [6.07, 6.45) is 3.82. The van der Waals surface area contributed by atoms with E-state index in [1.165, 1.54) is 0 Å². The van der Waals surface area contributed by atoms with Gasteiger partial charge in [-0.15, -0.1) is 6.58 Å². The molecule has 0 aliphatic heterocycles. The van der Waals surface area contributed by atoms with Gasteiger partial charge in [-0.3, -0.25) is 4.79 Å². The second-order valence-corrected chi connectivity index (χ2v) is 8.09. The number of anilines is 1. The largest absolute Gasteiger partial charge is 0.618 e. The number of carbonyl (C=O) groups excluding carboxylic acids is 1. The molecule has 0 aliphatic rings. The number of aromatic nitrogens is 1. The van der Waals surface area contributed by atoms with Crippen LogP contribution in [0.1, 0.15) is 52.3 Å². The molecule has 1 aromatic heterocycles. The maximum Gasteiger partial charge on any atom is 0.263 e. The number of aryl methyl sites for hydroxylation is 2. The van der Waals surface area contributed by atoms with Crippen molar-refractivity contribution in [3.05, 3.63) is 72.6 Å². The number of benzene rings is 1. The average molecular weight is 496 g/mol. The van der Waals surface area contributed by atoms with Crippen LogP contribution in [0.5, 0.6) is 0 Å². The molecule has 2 aromatic rings. The molecule has 27 heavy (non-hydrogen) atoms. The highest BCUT2D eigenvalue weighted by atomic mass is 79.9. The van der Waals surface area contributed by atoms with Crippen LogP contribution in [0, 0.1) is 19.1 Å². The van der Waals surface area contributed by atoms with Crippen molar-refractivity contribution in [2.24, 2.45) is 0 Å². The van der Waals surface area contributed by atoms with Crippen LogP contribution >= 0.6 is 31.9 Å². The summed E-state index contributed by atoms with van der Waals surface area (Å²) in [7, 11) is 0. The van der Waals surface area contributed by atoms with Crippen molar-refractivity contribution in [2.75, 3.05) is 5.32 Å². The fraction of sp³-hybridized carbons (Fsp3) is 0.333. The summed E-state index contributed by atoms with van der Waals surface area (Å²) in [6.45, 7) is 11.3. The van der Waals surface area contributed by atoms with Gasteiger partial charge < -0.3 is 10.5 Å². The number of nitrogens with one attached hydrogen (secondary N) is 1. The van der Waals surface area contributed by atoms with Crippen molar-refractivity contribution in [3.63, 3.8) is 0 Å². The normalized spacial score (nSPS) is 10.7. The molecule has 2 rings (SSSR count). The first-order chi connectivity index (χ1) is 12.8.